The van der Waals surface area contributed by atoms with Crippen LogP contribution in [0.3, 0.4) is 0 Å². The topological polar surface area (TPSA) is 15.3 Å². The Morgan fingerprint density at radius 3 is 2.53 bits per heavy atom. The molecule has 2 rings (SSSR count). The quantitative estimate of drug-likeness (QED) is 0.765. The van der Waals surface area contributed by atoms with Gasteiger partial charge in [0.05, 0.1) is 0 Å². The highest BCUT2D eigenvalue weighted by atomic mass is 15.2. The molecule has 15 heavy (non-hydrogen) atoms. The molecule has 1 saturated carbocycles. The molecule has 0 atom stereocenters. The number of nitrogens with zero attached hydrogens (tertiary/aromatic N) is 1. The van der Waals surface area contributed by atoms with E-state index in [-0.39, 0.29) is 0 Å². The number of hydrogen-bond donors (Lipinski definition) is 1. The van der Waals surface area contributed by atoms with Crippen molar-refractivity contribution in [3.63, 3.8) is 0 Å². The van der Waals surface area contributed by atoms with E-state index in [0.717, 1.165) is 5.92 Å². The summed E-state index contributed by atoms with van der Waals surface area (Å²) in [6.45, 7) is 9.74. The maximum absolute atomic E-state index is 3.73. The normalized spacial score (nSPS) is 27.6. The molecule has 2 nitrogen and oxygen atoms in total. The zero-order valence-electron chi connectivity index (χ0n) is 10.4. The van der Waals surface area contributed by atoms with Crippen molar-refractivity contribution in [2.75, 3.05) is 26.2 Å². The van der Waals surface area contributed by atoms with Crippen molar-refractivity contribution in [2.45, 2.75) is 51.5 Å². The molecule has 1 aliphatic heterocycles. The van der Waals surface area contributed by atoms with Crippen molar-refractivity contribution in [3.8, 4) is 0 Å². The average Bonchev–Trinajstić information content (AvgIpc) is 2.24. The average molecular weight is 210 g/mol. The lowest BCUT2D eigenvalue weighted by molar-refractivity contribution is 0.0916. The van der Waals surface area contributed by atoms with E-state index in [1.165, 1.54) is 58.3 Å². The number of rotatable bonds is 4. The van der Waals surface area contributed by atoms with Gasteiger partial charge in [-0.15, -0.1) is 0 Å². The van der Waals surface area contributed by atoms with E-state index in [1.54, 1.807) is 0 Å². The van der Waals surface area contributed by atoms with Crippen LogP contribution < -0.4 is 5.32 Å². The van der Waals surface area contributed by atoms with Crippen molar-refractivity contribution in [1.82, 2.24) is 10.2 Å². The summed E-state index contributed by atoms with van der Waals surface area (Å²) in [5.41, 5.74) is 0.419. The zero-order valence-corrected chi connectivity index (χ0v) is 10.4. The van der Waals surface area contributed by atoms with E-state index in [0.29, 0.717) is 5.54 Å². The van der Waals surface area contributed by atoms with Gasteiger partial charge in [-0.25, -0.2) is 0 Å². The molecule has 1 saturated heterocycles. The van der Waals surface area contributed by atoms with Gasteiger partial charge in [-0.3, -0.25) is 4.90 Å². The minimum Gasteiger partial charge on any atom is -0.309 e. The van der Waals surface area contributed by atoms with Gasteiger partial charge in [0, 0.05) is 31.7 Å². The monoisotopic (exact) mass is 210 g/mol. The van der Waals surface area contributed by atoms with Gasteiger partial charge >= 0.3 is 0 Å². The molecular weight excluding hydrogens is 184 g/mol. The Balaban J connectivity index is 1.85. The van der Waals surface area contributed by atoms with E-state index >= 15 is 0 Å². The minimum atomic E-state index is 0.419. The predicted molar refractivity (Wildman–Crippen MR) is 65.1 cm³/mol. The molecule has 0 aromatic heterocycles. The van der Waals surface area contributed by atoms with E-state index < -0.39 is 0 Å². The second-order valence-electron chi connectivity index (χ2n) is 5.45. The number of nitrogens with one attached hydrogen (secondary N) is 1. The Bertz CT molecular complexity index is 195. The highest BCUT2D eigenvalue weighted by Crippen LogP contribution is 2.29. The van der Waals surface area contributed by atoms with Gasteiger partial charge < -0.3 is 5.32 Å². The fourth-order valence-electron chi connectivity index (χ4n) is 2.96. The molecule has 0 amide bonds. The van der Waals surface area contributed by atoms with Crippen LogP contribution in [0.15, 0.2) is 0 Å². The van der Waals surface area contributed by atoms with Gasteiger partial charge in [0.1, 0.15) is 0 Å². The summed E-state index contributed by atoms with van der Waals surface area (Å²) < 4.78 is 0. The Morgan fingerprint density at radius 2 is 2.00 bits per heavy atom. The summed E-state index contributed by atoms with van der Waals surface area (Å²) in [6.07, 6.45) is 6.98. The highest BCUT2D eigenvalue weighted by molar-refractivity contribution is 4.93. The first kappa shape index (κ1) is 11.4. The van der Waals surface area contributed by atoms with Crippen molar-refractivity contribution in [1.29, 1.82) is 0 Å². The van der Waals surface area contributed by atoms with Gasteiger partial charge in [0.25, 0.3) is 0 Å². The van der Waals surface area contributed by atoms with Crippen LogP contribution in [0.25, 0.3) is 0 Å². The van der Waals surface area contributed by atoms with Crippen LogP contribution in [0.5, 0.6) is 0 Å². The fraction of sp³-hybridized carbons (Fsp3) is 1.00. The fourth-order valence-corrected chi connectivity index (χ4v) is 2.96. The Kier molecular flexibility index (Phi) is 3.68. The van der Waals surface area contributed by atoms with Gasteiger partial charge in [0.15, 0.2) is 0 Å². The third kappa shape index (κ3) is 2.54. The van der Waals surface area contributed by atoms with Crippen LogP contribution in [0.2, 0.25) is 0 Å². The molecule has 0 aromatic rings. The van der Waals surface area contributed by atoms with Gasteiger partial charge in [0.2, 0.25) is 0 Å². The molecule has 1 heterocycles. The van der Waals surface area contributed by atoms with Crippen LogP contribution in [0.1, 0.15) is 46.0 Å². The minimum absolute atomic E-state index is 0.419. The van der Waals surface area contributed by atoms with E-state index in [2.05, 4.69) is 24.1 Å². The second kappa shape index (κ2) is 4.84. The molecular formula is C13H26N2. The maximum atomic E-state index is 3.73. The van der Waals surface area contributed by atoms with E-state index in [1.807, 2.05) is 0 Å². The SMILES string of the molecule is CCC1(CC)CN(CC2CCC2)CCN1. The van der Waals surface area contributed by atoms with Crippen LogP contribution in [-0.2, 0) is 0 Å². The van der Waals surface area contributed by atoms with Crippen LogP contribution in [0, 0.1) is 5.92 Å². The van der Waals surface area contributed by atoms with E-state index in [9.17, 15) is 0 Å². The first-order valence-electron chi connectivity index (χ1n) is 6.75. The lowest BCUT2D eigenvalue weighted by Gasteiger charge is -2.45. The molecule has 0 unspecified atom stereocenters. The third-order valence-electron chi connectivity index (χ3n) is 4.55. The molecule has 2 heteroatoms. The van der Waals surface area contributed by atoms with Gasteiger partial charge in [-0.05, 0) is 31.6 Å². The largest absolute Gasteiger partial charge is 0.309 e. The maximum Gasteiger partial charge on any atom is 0.0304 e. The van der Waals surface area contributed by atoms with Crippen molar-refractivity contribution in [3.05, 3.63) is 0 Å². The molecule has 2 aliphatic rings. The molecule has 1 aliphatic carbocycles. The molecule has 1 N–H and O–H groups in total. The lowest BCUT2D eigenvalue weighted by Crippen LogP contribution is -2.60. The summed E-state index contributed by atoms with van der Waals surface area (Å²) in [5.74, 6) is 1.02. The highest BCUT2D eigenvalue weighted by Gasteiger charge is 2.33. The summed E-state index contributed by atoms with van der Waals surface area (Å²) in [7, 11) is 0. The smallest absolute Gasteiger partial charge is 0.0304 e. The Hall–Kier alpha value is -0.0800. The Morgan fingerprint density at radius 1 is 1.27 bits per heavy atom. The summed E-state index contributed by atoms with van der Waals surface area (Å²) in [5, 5.41) is 3.73. The predicted octanol–water partition coefficient (Wildman–Crippen LogP) is 2.25. The second-order valence-corrected chi connectivity index (χ2v) is 5.45. The summed E-state index contributed by atoms with van der Waals surface area (Å²) in [4.78, 5) is 2.70. The van der Waals surface area contributed by atoms with Gasteiger partial charge in [-0.2, -0.15) is 0 Å². The lowest BCUT2D eigenvalue weighted by atomic mass is 9.83. The van der Waals surface area contributed by atoms with Crippen LogP contribution >= 0.6 is 0 Å². The molecule has 0 aromatic carbocycles. The van der Waals surface area contributed by atoms with Crippen LogP contribution in [0.4, 0.5) is 0 Å². The zero-order chi connectivity index (χ0) is 10.7. The number of piperazine rings is 1. The third-order valence-corrected chi connectivity index (χ3v) is 4.55. The molecule has 0 spiro atoms. The van der Waals surface area contributed by atoms with Crippen LogP contribution in [-0.4, -0.2) is 36.6 Å². The summed E-state index contributed by atoms with van der Waals surface area (Å²) >= 11 is 0. The van der Waals surface area contributed by atoms with Crippen molar-refractivity contribution < 1.29 is 0 Å². The van der Waals surface area contributed by atoms with Gasteiger partial charge in [-0.1, -0.05) is 20.3 Å². The number of hydrogen-bond acceptors (Lipinski definition) is 2. The standard InChI is InChI=1S/C13H26N2/c1-3-13(4-2)11-15(9-8-14-13)10-12-6-5-7-12/h12,14H,3-11H2,1-2H3. The first-order valence-corrected chi connectivity index (χ1v) is 6.75. The summed E-state index contributed by atoms with van der Waals surface area (Å²) in [6, 6.07) is 0. The van der Waals surface area contributed by atoms with Crippen molar-refractivity contribution in [2.24, 2.45) is 5.92 Å². The molecule has 0 radical (unpaired) electrons. The molecule has 0 bridgehead atoms. The first-order chi connectivity index (χ1) is 7.28. The molecule has 2 fully saturated rings. The Labute approximate surface area is 94.4 Å². The molecule has 88 valence electrons. The van der Waals surface area contributed by atoms with E-state index in [4.69, 9.17) is 0 Å². The van der Waals surface area contributed by atoms with Crippen molar-refractivity contribution >= 4 is 0 Å².